The molecule has 0 bridgehead atoms. The number of amides is 1. The van der Waals surface area contributed by atoms with Gasteiger partial charge in [-0.2, -0.15) is 4.98 Å². The molecule has 6 rings (SSSR count). The van der Waals surface area contributed by atoms with Crippen molar-refractivity contribution in [3.8, 4) is 28.4 Å². The normalized spacial score (nSPS) is 22.8. The third-order valence-corrected chi connectivity index (χ3v) is 7.45. The van der Waals surface area contributed by atoms with E-state index >= 15 is 0 Å². The van der Waals surface area contributed by atoms with Gasteiger partial charge in [0.05, 0.1) is 35.6 Å². The van der Waals surface area contributed by atoms with Gasteiger partial charge in [0, 0.05) is 19.0 Å². The van der Waals surface area contributed by atoms with Crippen LogP contribution in [0, 0.1) is 0 Å². The first-order chi connectivity index (χ1) is 17.9. The number of aromatic nitrogens is 3. The second-order valence-corrected chi connectivity index (χ2v) is 10.1. The van der Waals surface area contributed by atoms with Crippen molar-refractivity contribution in [1.29, 1.82) is 0 Å². The van der Waals surface area contributed by atoms with Gasteiger partial charge < -0.3 is 24.5 Å². The zero-order chi connectivity index (χ0) is 25.6. The van der Waals surface area contributed by atoms with Gasteiger partial charge in [-0.1, -0.05) is 60.1 Å². The maximum atomic E-state index is 11.1. The van der Waals surface area contributed by atoms with Crippen LogP contribution in [0.2, 0.25) is 5.02 Å². The Morgan fingerprint density at radius 1 is 1.14 bits per heavy atom. The fraction of sp³-hybridized carbons (Fsp3) is 0.321. The number of nitrogens with one attached hydrogen (secondary N) is 2. The molecule has 9 heteroatoms. The Balaban J connectivity index is 1.20. The largest absolute Gasteiger partial charge is 0.456 e. The second-order valence-electron chi connectivity index (χ2n) is 9.67. The maximum Gasteiger partial charge on any atom is 0.296 e. The molecule has 2 fully saturated rings. The average molecular weight is 519 g/mol. The molecule has 2 aliphatic heterocycles. The van der Waals surface area contributed by atoms with E-state index in [9.17, 15) is 4.79 Å². The summed E-state index contributed by atoms with van der Waals surface area (Å²) in [6.07, 6.45) is 0.674. The molecule has 2 saturated heterocycles. The van der Waals surface area contributed by atoms with Crippen LogP contribution in [-0.2, 0) is 20.8 Å². The van der Waals surface area contributed by atoms with Gasteiger partial charge in [0.25, 0.3) is 6.01 Å². The zero-order valence-electron chi connectivity index (χ0n) is 20.6. The molecule has 190 valence electrons. The molecule has 2 N–H and O–H groups in total. The first kappa shape index (κ1) is 23.9. The van der Waals surface area contributed by atoms with Gasteiger partial charge in [0.2, 0.25) is 5.91 Å². The van der Waals surface area contributed by atoms with Crippen LogP contribution in [0.15, 0.2) is 54.6 Å². The molecule has 1 unspecified atom stereocenters. The van der Waals surface area contributed by atoms with Crippen LogP contribution in [0.1, 0.15) is 25.8 Å². The van der Waals surface area contributed by atoms with Crippen LogP contribution in [0.3, 0.4) is 0 Å². The van der Waals surface area contributed by atoms with Crippen molar-refractivity contribution in [2.45, 2.75) is 44.6 Å². The molecule has 2 aromatic carbocycles. The van der Waals surface area contributed by atoms with Crippen molar-refractivity contribution >= 4 is 28.7 Å². The Labute approximate surface area is 219 Å². The number of nitrogens with zero attached hydrogens (tertiary/aromatic N) is 2. The highest BCUT2D eigenvalue weighted by Crippen LogP contribution is 2.39. The molecular weight excluding hydrogens is 492 g/mol. The molecule has 8 nitrogen and oxygen atoms in total. The summed E-state index contributed by atoms with van der Waals surface area (Å²) in [6, 6.07) is 18.4. The maximum absolute atomic E-state index is 11.1. The summed E-state index contributed by atoms with van der Waals surface area (Å²) < 4.78 is 17.9. The number of carbonyl (C=O) groups excluding carboxylic acids is 1. The van der Waals surface area contributed by atoms with Gasteiger partial charge in [-0.3, -0.25) is 4.79 Å². The van der Waals surface area contributed by atoms with E-state index in [0.29, 0.717) is 47.6 Å². The molecule has 37 heavy (non-hydrogen) atoms. The number of hydrogen-bond acceptors (Lipinski definition) is 6. The third-order valence-electron chi connectivity index (χ3n) is 7.17. The smallest absolute Gasteiger partial charge is 0.296 e. The lowest BCUT2D eigenvalue weighted by molar-refractivity contribution is -0.119. The SMILES string of the molecule is CC(=O)NCc1ccc(-c2ccc(-c3nc4nc(OC5CO[C@@H]6CCO[C@]56C)[nH]c4cc3Cl)cc2)cc1. The van der Waals surface area contributed by atoms with Crippen molar-refractivity contribution in [2.75, 3.05) is 13.2 Å². The highest BCUT2D eigenvalue weighted by atomic mass is 35.5. The van der Waals surface area contributed by atoms with Crippen LogP contribution in [0.25, 0.3) is 33.5 Å². The van der Waals surface area contributed by atoms with E-state index < -0.39 is 5.60 Å². The summed E-state index contributed by atoms with van der Waals surface area (Å²) in [6.45, 7) is 5.19. The molecule has 4 aromatic rings. The highest BCUT2D eigenvalue weighted by molar-refractivity contribution is 6.33. The fourth-order valence-electron chi connectivity index (χ4n) is 4.99. The van der Waals surface area contributed by atoms with E-state index in [1.165, 1.54) is 6.92 Å². The number of imidazole rings is 1. The van der Waals surface area contributed by atoms with Crippen molar-refractivity contribution in [3.63, 3.8) is 0 Å². The average Bonchev–Trinajstić information content (AvgIpc) is 3.55. The van der Waals surface area contributed by atoms with Crippen molar-refractivity contribution in [1.82, 2.24) is 20.3 Å². The van der Waals surface area contributed by atoms with Crippen molar-refractivity contribution < 1.29 is 19.0 Å². The van der Waals surface area contributed by atoms with Gasteiger partial charge in [0.15, 0.2) is 11.8 Å². The summed E-state index contributed by atoms with van der Waals surface area (Å²) >= 11 is 6.62. The molecule has 1 amide bonds. The van der Waals surface area contributed by atoms with E-state index in [2.05, 4.69) is 15.3 Å². The lowest BCUT2D eigenvalue weighted by Gasteiger charge is -2.27. The molecule has 0 radical (unpaired) electrons. The molecule has 4 heterocycles. The van der Waals surface area contributed by atoms with Gasteiger partial charge in [-0.15, -0.1) is 0 Å². The van der Waals surface area contributed by atoms with Gasteiger partial charge in [0.1, 0.15) is 5.60 Å². The summed E-state index contributed by atoms with van der Waals surface area (Å²) in [5.41, 5.74) is 5.51. The molecule has 2 aromatic heterocycles. The Hall–Kier alpha value is -3.46. The monoisotopic (exact) mass is 518 g/mol. The molecule has 0 spiro atoms. The summed E-state index contributed by atoms with van der Waals surface area (Å²) in [7, 11) is 0. The predicted octanol–water partition coefficient (Wildman–Crippen LogP) is 4.91. The lowest BCUT2D eigenvalue weighted by Crippen LogP contribution is -2.45. The predicted molar refractivity (Wildman–Crippen MR) is 140 cm³/mol. The van der Waals surface area contributed by atoms with Gasteiger partial charge in [-0.05, 0) is 36.1 Å². The summed E-state index contributed by atoms with van der Waals surface area (Å²) in [4.78, 5) is 23.6. The van der Waals surface area contributed by atoms with Gasteiger partial charge in [-0.25, -0.2) is 4.98 Å². The molecule has 0 aliphatic carbocycles. The Kier molecular flexibility index (Phi) is 6.10. The summed E-state index contributed by atoms with van der Waals surface area (Å²) in [5, 5.41) is 3.33. The van der Waals surface area contributed by atoms with E-state index in [-0.39, 0.29) is 18.1 Å². The quantitative estimate of drug-likeness (QED) is 0.376. The first-order valence-electron chi connectivity index (χ1n) is 12.3. The summed E-state index contributed by atoms with van der Waals surface area (Å²) in [5.74, 6) is -0.0432. The van der Waals surface area contributed by atoms with Crippen molar-refractivity contribution in [3.05, 3.63) is 65.2 Å². The molecule has 2 aliphatic rings. The van der Waals surface area contributed by atoms with Crippen LogP contribution in [0.4, 0.5) is 0 Å². The first-order valence-corrected chi connectivity index (χ1v) is 12.7. The minimum absolute atomic E-state index is 0.0432. The number of rotatable bonds is 6. The second kappa shape index (κ2) is 9.45. The number of fused-ring (bicyclic) bond motifs is 2. The highest BCUT2D eigenvalue weighted by Gasteiger charge is 2.54. The van der Waals surface area contributed by atoms with E-state index in [1.54, 1.807) is 0 Å². The van der Waals surface area contributed by atoms with Crippen LogP contribution >= 0.6 is 11.6 Å². The van der Waals surface area contributed by atoms with Gasteiger partial charge >= 0.3 is 0 Å². The van der Waals surface area contributed by atoms with E-state index in [1.807, 2.05) is 61.5 Å². The topological polar surface area (TPSA) is 98.4 Å². The number of benzene rings is 2. The number of pyridine rings is 1. The number of ether oxygens (including phenoxy) is 3. The molecular formula is C28H27ClN4O4. The van der Waals surface area contributed by atoms with Crippen molar-refractivity contribution in [2.24, 2.45) is 0 Å². The fourth-order valence-corrected chi connectivity index (χ4v) is 5.25. The third kappa shape index (κ3) is 4.56. The Morgan fingerprint density at radius 3 is 2.57 bits per heavy atom. The Morgan fingerprint density at radius 2 is 1.84 bits per heavy atom. The number of hydrogen-bond donors (Lipinski definition) is 2. The number of H-pyrrole nitrogens is 1. The Bertz CT molecular complexity index is 1450. The standard InChI is InChI=1S/C28H27ClN4O4/c1-16(34)30-14-17-3-5-18(6-4-17)19-7-9-20(10-8-19)25-21(29)13-22-26(32-25)33-27(31-22)37-24-15-35-23-11-12-36-28(23,24)2/h3-10,13,23-24H,11-12,14-15H2,1-2H3,(H,30,34)(H,31,32,33)/t23-,24?,28+/m1/s1. The number of carbonyl (C=O) groups is 1. The van der Waals surface area contributed by atoms with E-state index in [4.69, 9.17) is 30.8 Å². The molecule has 3 atom stereocenters. The number of halogens is 1. The van der Waals surface area contributed by atoms with Crippen LogP contribution < -0.4 is 10.1 Å². The van der Waals surface area contributed by atoms with E-state index in [0.717, 1.165) is 28.7 Å². The van der Waals surface area contributed by atoms with Crippen LogP contribution in [-0.4, -0.2) is 51.9 Å². The minimum Gasteiger partial charge on any atom is -0.456 e. The molecule has 0 saturated carbocycles. The van der Waals surface area contributed by atoms with Crippen LogP contribution in [0.5, 0.6) is 6.01 Å². The zero-order valence-corrected chi connectivity index (χ0v) is 21.3. The number of aromatic amines is 1. The minimum atomic E-state index is -0.470. The lowest BCUT2D eigenvalue weighted by atomic mass is 9.96.